The summed E-state index contributed by atoms with van der Waals surface area (Å²) < 4.78 is 0. The smallest absolute Gasteiger partial charge is 0.246 e. The second kappa shape index (κ2) is 29.9. The van der Waals surface area contributed by atoms with Gasteiger partial charge in [0.25, 0.3) is 0 Å². The van der Waals surface area contributed by atoms with Crippen molar-refractivity contribution in [2.24, 2.45) is 29.4 Å². The monoisotopic (exact) mass is 1100 g/mol. The number of hydrogen-bond donors (Lipinski definition) is 9. The van der Waals surface area contributed by atoms with Gasteiger partial charge in [0.05, 0.1) is 0 Å². The molecule has 0 bridgehead atoms. The quantitative estimate of drug-likeness (QED) is 0.139. The van der Waals surface area contributed by atoms with Crippen LogP contribution in [0.2, 0.25) is 0 Å². The zero-order valence-corrected chi connectivity index (χ0v) is 47.6. The molecule has 0 spiro atoms. The predicted octanol–water partition coefficient (Wildman–Crippen LogP) is 1.51. The normalized spacial score (nSPS) is 27.1. The lowest BCUT2D eigenvalue weighted by Gasteiger charge is -2.32. The molecular weight excluding hydrogens is 1010 g/mol. The average molecular weight is 1100 g/mol. The lowest BCUT2D eigenvalue weighted by Crippen LogP contribution is -2.62. The van der Waals surface area contributed by atoms with Crippen LogP contribution < -0.4 is 48.3 Å². The molecule has 21 heteroatoms. The van der Waals surface area contributed by atoms with Crippen LogP contribution in [0.1, 0.15) is 125 Å². The van der Waals surface area contributed by atoms with Gasteiger partial charge in [-0.25, -0.2) is 0 Å². The summed E-state index contributed by atoms with van der Waals surface area (Å²) in [5.74, 6) is -7.65. The molecular formula is C58H87N11O10. The van der Waals surface area contributed by atoms with Crippen molar-refractivity contribution in [3.8, 4) is 0 Å². The van der Waals surface area contributed by atoms with E-state index in [0.29, 0.717) is 30.4 Å². The first-order valence-corrected chi connectivity index (χ1v) is 28.3. The Balaban J connectivity index is 1.55. The van der Waals surface area contributed by atoms with E-state index in [1.807, 2.05) is 39.8 Å². The van der Waals surface area contributed by atoms with Crippen molar-refractivity contribution < 1.29 is 47.9 Å². The zero-order valence-electron chi connectivity index (χ0n) is 47.6. The molecule has 10 atom stereocenters. The maximum atomic E-state index is 14.8. The first-order valence-electron chi connectivity index (χ1n) is 28.3. The van der Waals surface area contributed by atoms with Crippen LogP contribution in [0.25, 0.3) is 0 Å². The Morgan fingerprint density at radius 3 is 1.22 bits per heavy atom. The number of amides is 10. The van der Waals surface area contributed by atoms with E-state index in [0.717, 1.165) is 0 Å². The predicted molar refractivity (Wildman–Crippen MR) is 298 cm³/mol. The highest BCUT2D eigenvalue weighted by atomic mass is 16.2. The van der Waals surface area contributed by atoms with Crippen LogP contribution in [0.3, 0.4) is 0 Å². The van der Waals surface area contributed by atoms with Crippen molar-refractivity contribution in [1.82, 2.24) is 52.3 Å². The van der Waals surface area contributed by atoms with Crippen molar-refractivity contribution in [3.05, 3.63) is 71.8 Å². The molecule has 0 radical (unpaired) electrons. The number of nitrogens with two attached hydrogens (primary N) is 1. The minimum atomic E-state index is -1.21. The molecule has 2 aromatic carbocycles. The number of nitrogens with zero attached hydrogens (tertiary/aromatic N) is 2. The molecule has 0 aromatic heterocycles. The Bertz CT molecular complexity index is 2440. The van der Waals surface area contributed by atoms with E-state index < -0.39 is 131 Å². The topological polar surface area (TPSA) is 299 Å². The maximum absolute atomic E-state index is 14.8. The molecule has 21 nitrogen and oxygen atoms in total. The minimum absolute atomic E-state index is 0.0355. The highest BCUT2D eigenvalue weighted by Crippen LogP contribution is 2.23. The van der Waals surface area contributed by atoms with Crippen LogP contribution in [0.5, 0.6) is 0 Å². The molecule has 5 rings (SSSR count). The summed E-state index contributed by atoms with van der Waals surface area (Å²) in [4.78, 5) is 147. The van der Waals surface area contributed by atoms with Gasteiger partial charge in [-0.05, 0) is 99.6 Å². The third-order valence-corrected chi connectivity index (χ3v) is 14.7. The van der Waals surface area contributed by atoms with E-state index >= 15 is 0 Å². The van der Waals surface area contributed by atoms with E-state index in [1.54, 1.807) is 76.2 Å². The van der Waals surface area contributed by atoms with Crippen LogP contribution in [0, 0.1) is 23.7 Å². The third-order valence-electron chi connectivity index (χ3n) is 14.7. The minimum Gasteiger partial charge on any atom is -0.343 e. The number of fused-ring (bicyclic) bond motifs is 2. The molecule has 0 aliphatic carbocycles. The summed E-state index contributed by atoms with van der Waals surface area (Å²) in [7, 11) is 0. The van der Waals surface area contributed by atoms with Crippen molar-refractivity contribution in [2.45, 2.75) is 187 Å². The van der Waals surface area contributed by atoms with Crippen molar-refractivity contribution in [2.75, 3.05) is 19.6 Å². The molecule has 10 amide bonds. The van der Waals surface area contributed by atoms with Crippen molar-refractivity contribution >= 4 is 59.1 Å². The van der Waals surface area contributed by atoms with Crippen molar-refractivity contribution in [3.63, 3.8) is 0 Å². The molecule has 3 aliphatic heterocycles. The molecule has 3 fully saturated rings. The molecule has 79 heavy (non-hydrogen) atoms. The first-order chi connectivity index (χ1) is 37.5. The van der Waals surface area contributed by atoms with E-state index in [1.165, 1.54) is 16.7 Å². The Kier molecular flexibility index (Phi) is 23.8. The molecule has 3 aliphatic rings. The van der Waals surface area contributed by atoms with Gasteiger partial charge in [-0.3, -0.25) is 47.9 Å². The standard InChI is InChI=1S/C58H87N11O10/c1-33(2)29-41-51(72)64-43(31-38-19-12-10-13-20-38)57(78)69-28-18-25-46(69)54(75)67-48(36(7)8)56(77)61-40(23-16-26-59)50(71)63-42(30-34(3)4)52(73)65-44(32-39-21-14-11-15-22-39)58(79)68-27-17-24-45(68)53(74)66-47(35(5)6)55(76)60-37(9)49(70)62-41/h10-15,19-22,33-37,40-48H,16-18,23-32,59H2,1-9H3,(H,60,76)(H,61,77)(H,62,70)(H,63,71)(H,64,72)(H,65,73)(H,66,74)(H,67,75)/t37-,40-,41-,42-,43+,44+,45-,46-,47-,48-/m0/s1. The second-order valence-electron chi connectivity index (χ2n) is 22.9. The molecule has 3 saturated heterocycles. The molecule has 0 unspecified atom stereocenters. The fraction of sp³-hybridized carbons (Fsp3) is 0.621. The molecule has 2 aromatic rings. The molecule has 434 valence electrons. The van der Waals surface area contributed by atoms with Crippen LogP contribution >= 0.6 is 0 Å². The summed E-state index contributed by atoms with van der Waals surface area (Å²) in [5.41, 5.74) is 7.34. The lowest BCUT2D eigenvalue weighted by molar-refractivity contribution is -0.143. The Morgan fingerprint density at radius 2 is 0.823 bits per heavy atom. The van der Waals surface area contributed by atoms with E-state index in [-0.39, 0.29) is 76.4 Å². The highest BCUT2D eigenvalue weighted by Gasteiger charge is 2.43. The summed E-state index contributed by atoms with van der Waals surface area (Å²) in [6.45, 7) is 16.3. The lowest BCUT2D eigenvalue weighted by atomic mass is 9.99. The van der Waals surface area contributed by atoms with Crippen LogP contribution in [-0.2, 0) is 60.8 Å². The summed E-state index contributed by atoms with van der Waals surface area (Å²) in [6, 6.07) is 6.45. The van der Waals surface area contributed by atoms with Gasteiger partial charge in [0.15, 0.2) is 0 Å². The molecule has 0 saturated carbocycles. The number of hydrogen-bond acceptors (Lipinski definition) is 11. The highest BCUT2D eigenvalue weighted by molar-refractivity contribution is 6.00. The number of rotatable bonds is 13. The van der Waals surface area contributed by atoms with Crippen LogP contribution in [0.4, 0.5) is 0 Å². The van der Waals surface area contributed by atoms with Gasteiger partial charge in [0.1, 0.15) is 60.4 Å². The van der Waals surface area contributed by atoms with Crippen LogP contribution in [0.15, 0.2) is 60.7 Å². The van der Waals surface area contributed by atoms with Crippen molar-refractivity contribution in [1.29, 1.82) is 0 Å². The number of benzene rings is 2. The van der Waals surface area contributed by atoms with Crippen LogP contribution in [-0.4, -0.2) is 149 Å². The SMILES string of the molecule is CC(C)C[C@@H]1NC(=O)[C@H](C)NC(=O)[C@H](C(C)C)NC(=O)[C@@H]2CCCN2C(=O)[C@@H](Cc2ccccc2)NC(=O)[C@H](CC(C)C)NC(=O)[C@H](CCCN)NC(=O)[C@H](C(C)C)NC(=O)[C@@H]2CCCN2C(=O)[C@@H](Cc2ccccc2)NC1=O. The largest absolute Gasteiger partial charge is 0.343 e. The maximum Gasteiger partial charge on any atom is 0.246 e. The Hall–Kier alpha value is -6.90. The number of carbonyl (C=O) groups excluding carboxylic acids is 10. The number of carbonyl (C=O) groups is 10. The Morgan fingerprint density at radius 1 is 0.456 bits per heavy atom. The zero-order chi connectivity index (χ0) is 58.1. The van der Waals surface area contributed by atoms with E-state index in [4.69, 9.17) is 5.73 Å². The van der Waals surface area contributed by atoms with Gasteiger partial charge in [0.2, 0.25) is 59.1 Å². The number of nitrogens with one attached hydrogen (secondary N) is 8. The van der Waals surface area contributed by atoms with Gasteiger partial charge in [0, 0.05) is 25.9 Å². The van der Waals surface area contributed by atoms with E-state index in [9.17, 15) is 47.9 Å². The van der Waals surface area contributed by atoms with Gasteiger partial charge in [-0.1, -0.05) is 116 Å². The van der Waals surface area contributed by atoms with Gasteiger partial charge in [-0.2, -0.15) is 0 Å². The summed E-state index contributed by atoms with van der Waals surface area (Å²) in [6.07, 6.45) is 2.16. The van der Waals surface area contributed by atoms with Gasteiger partial charge < -0.3 is 58.1 Å². The van der Waals surface area contributed by atoms with E-state index in [2.05, 4.69) is 42.5 Å². The average Bonchev–Trinajstić information content (AvgIpc) is 4.13. The first kappa shape index (κ1) is 62.9. The third kappa shape index (κ3) is 18.1. The summed E-state index contributed by atoms with van der Waals surface area (Å²) in [5, 5.41) is 22.6. The van der Waals surface area contributed by atoms with Gasteiger partial charge in [-0.15, -0.1) is 0 Å². The summed E-state index contributed by atoms with van der Waals surface area (Å²) >= 11 is 0. The Labute approximate surface area is 465 Å². The fourth-order valence-electron chi connectivity index (χ4n) is 10.4. The second-order valence-corrected chi connectivity index (χ2v) is 22.9. The van der Waals surface area contributed by atoms with Gasteiger partial charge >= 0.3 is 0 Å². The molecule has 3 heterocycles. The molecule has 10 N–H and O–H groups in total. The fourth-order valence-corrected chi connectivity index (χ4v) is 10.4.